The number of hydrogen-bond acceptors (Lipinski definition) is 6. The first-order valence-corrected chi connectivity index (χ1v) is 5.57. The Balaban J connectivity index is 2.06. The van der Waals surface area contributed by atoms with Gasteiger partial charge in [-0.1, -0.05) is 0 Å². The molecule has 4 fully saturated rings. The smallest absolute Gasteiger partial charge is 0.333 e. The number of carbonyl (C=O) groups is 4. The van der Waals surface area contributed by atoms with E-state index < -0.39 is 40.6 Å². The highest BCUT2D eigenvalue weighted by molar-refractivity contribution is 6.21. The summed E-state index contributed by atoms with van der Waals surface area (Å²) in [5, 5.41) is 0. The average molecular weight is 236 g/mol. The third-order valence-electron chi connectivity index (χ3n) is 4.91. The summed E-state index contributed by atoms with van der Waals surface area (Å²) in [7, 11) is 0. The highest BCUT2D eigenvalue weighted by Crippen LogP contribution is 2.73. The van der Waals surface area contributed by atoms with Gasteiger partial charge in [-0.25, -0.2) is 0 Å². The molecule has 0 aromatic heterocycles. The number of esters is 4. The molecule has 6 heteroatoms. The molecule has 0 aromatic rings. The van der Waals surface area contributed by atoms with Crippen LogP contribution in [0.15, 0.2) is 0 Å². The number of ether oxygens (including phenoxy) is 2. The quantitative estimate of drug-likeness (QED) is 0.418. The highest BCUT2D eigenvalue weighted by atomic mass is 16.6. The molecule has 2 heterocycles. The van der Waals surface area contributed by atoms with Crippen LogP contribution in [0.4, 0.5) is 0 Å². The molecule has 2 saturated heterocycles. The zero-order valence-corrected chi connectivity index (χ0v) is 8.73. The summed E-state index contributed by atoms with van der Waals surface area (Å²) in [5.74, 6) is -4.00. The van der Waals surface area contributed by atoms with Crippen LogP contribution in [0, 0.1) is 22.7 Å². The molecule has 4 atom stereocenters. The predicted octanol–water partition coefficient (Wildman–Crippen LogP) is -0.444. The van der Waals surface area contributed by atoms with Crippen molar-refractivity contribution in [2.24, 2.45) is 22.7 Å². The van der Waals surface area contributed by atoms with Crippen LogP contribution in [0.25, 0.3) is 0 Å². The van der Waals surface area contributed by atoms with E-state index in [9.17, 15) is 19.2 Å². The van der Waals surface area contributed by atoms with Gasteiger partial charge in [-0.15, -0.1) is 0 Å². The van der Waals surface area contributed by atoms with Gasteiger partial charge in [0.15, 0.2) is 5.41 Å². The number of rotatable bonds is 0. The molecule has 4 aliphatic rings. The Morgan fingerprint density at radius 1 is 1.00 bits per heavy atom. The van der Waals surface area contributed by atoms with Gasteiger partial charge in [-0.3, -0.25) is 19.2 Å². The van der Waals surface area contributed by atoms with Gasteiger partial charge in [-0.2, -0.15) is 0 Å². The van der Waals surface area contributed by atoms with E-state index in [4.69, 9.17) is 0 Å². The van der Waals surface area contributed by atoms with Crippen LogP contribution in [-0.4, -0.2) is 23.9 Å². The fourth-order valence-electron chi connectivity index (χ4n) is 4.32. The molecule has 0 radical (unpaired) electrons. The maximum absolute atomic E-state index is 11.9. The van der Waals surface area contributed by atoms with Gasteiger partial charge in [-0.05, 0) is 25.2 Å². The zero-order chi connectivity index (χ0) is 12.0. The molecule has 2 spiro atoms. The average Bonchev–Trinajstić information content (AvgIpc) is 2.92. The second-order valence-electron chi connectivity index (χ2n) is 5.26. The van der Waals surface area contributed by atoms with Crippen LogP contribution < -0.4 is 0 Å². The summed E-state index contributed by atoms with van der Waals surface area (Å²) < 4.78 is 9.24. The Hall–Kier alpha value is -1.72. The maximum Gasteiger partial charge on any atom is 0.333 e. The van der Waals surface area contributed by atoms with Gasteiger partial charge < -0.3 is 9.47 Å². The van der Waals surface area contributed by atoms with Crippen LogP contribution in [0.2, 0.25) is 0 Å². The second kappa shape index (κ2) is 2.27. The van der Waals surface area contributed by atoms with E-state index in [1.807, 2.05) is 0 Å². The van der Waals surface area contributed by atoms with E-state index in [1.165, 1.54) is 0 Å². The number of cyclic esters (lactones) is 4. The highest BCUT2D eigenvalue weighted by Gasteiger charge is 2.87. The SMILES string of the molecule is O=C1OC(=O)C23C(=O)OC(=O)C24CCC(C4)C13. The first-order valence-electron chi connectivity index (χ1n) is 5.57. The number of fused-ring (bicyclic) bond motifs is 2. The largest absolute Gasteiger partial charge is 0.392 e. The van der Waals surface area contributed by atoms with Crippen LogP contribution in [0.1, 0.15) is 19.3 Å². The zero-order valence-electron chi connectivity index (χ0n) is 8.73. The Kier molecular flexibility index (Phi) is 1.25. The summed E-state index contributed by atoms with van der Waals surface area (Å²) in [4.78, 5) is 47.4. The van der Waals surface area contributed by atoms with Crippen molar-refractivity contribution in [2.75, 3.05) is 0 Å². The predicted molar refractivity (Wildman–Crippen MR) is 47.9 cm³/mol. The maximum atomic E-state index is 11.9. The lowest BCUT2D eigenvalue weighted by Crippen LogP contribution is -2.49. The van der Waals surface area contributed by atoms with Gasteiger partial charge in [0.25, 0.3) is 0 Å². The minimum absolute atomic E-state index is 0.106. The molecule has 17 heavy (non-hydrogen) atoms. The molecule has 2 saturated carbocycles. The van der Waals surface area contributed by atoms with Crippen molar-refractivity contribution < 1.29 is 28.7 Å². The molecule has 88 valence electrons. The van der Waals surface area contributed by atoms with Crippen molar-refractivity contribution >= 4 is 23.9 Å². The van der Waals surface area contributed by atoms with E-state index in [0.29, 0.717) is 19.3 Å². The Labute approximate surface area is 95.2 Å². The van der Waals surface area contributed by atoms with Crippen molar-refractivity contribution in [1.82, 2.24) is 0 Å². The molecule has 2 bridgehead atoms. The fraction of sp³-hybridized carbons (Fsp3) is 0.636. The number of carbonyl (C=O) groups excluding carboxylic acids is 4. The van der Waals surface area contributed by atoms with E-state index in [2.05, 4.69) is 9.47 Å². The topological polar surface area (TPSA) is 86.7 Å². The van der Waals surface area contributed by atoms with Crippen molar-refractivity contribution in [1.29, 1.82) is 0 Å². The van der Waals surface area contributed by atoms with Crippen molar-refractivity contribution in [3.05, 3.63) is 0 Å². The third kappa shape index (κ3) is 0.634. The van der Waals surface area contributed by atoms with Crippen LogP contribution in [0.3, 0.4) is 0 Å². The second-order valence-corrected chi connectivity index (χ2v) is 5.26. The first kappa shape index (κ1) is 9.32. The molecular formula is C11H8O6. The molecule has 0 N–H and O–H groups in total. The molecule has 2 aliphatic heterocycles. The normalized spacial score (nSPS) is 50.4. The van der Waals surface area contributed by atoms with Crippen LogP contribution >= 0.6 is 0 Å². The summed E-state index contributed by atoms with van der Waals surface area (Å²) in [5.41, 5.74) is -2.77. The standard InChI is InChI=1S/C11H8O6/c12-6-5-4-1-2-10(3-4)7(13)17-9(15)11(5,10)8(14)16-6/h4-5H,1-3H2. The lowest BCUT2D eigenvalue weighted by molar-refractivity contribution is -0.161. The Morgan fingerprint density at radius 2 is 1.71 bits per heavy atom. The Bertz CT molecular complexity index is 512. The molecule has 2 aliphatic carbocycles. The minimum atomic E-state index is -1.65. The van der Waals surface area contributed by atoms with E-state index in [-0.39, 0.29) is 5.92 Å². The lowest BCUT2D eigenvalue weighted by Gasteiger charge is -2.30. The Morgan fingerprint density at radius 3 is 2.47 bits per heavy atom. The van der Waals surface area contributed by atoms with E-state index in [1.54, 1.807) is 0 Å². The van der Waals surface area contributed by atoms with Crippen LogP contribution in [-0.2, 0) is 28.7 Å². The molecule has 4 rings (SSSR count). The molecule has 4 unspecified atom stereocenters. The first-order chi connectivity index (χ1) is 8.04. The summed E-state index contributed by atoms with van der Waals surface area (Å²) >= 11 is 0. The van der Waals surface area contributed by atoms with Gasteiger partial charge >= 0.3 is 23.9 Å². The van der Waals surface area contributed by atoms with Crippen molar-refractivity contribution in [2.45, 2.75) is 19.3 Å². The van der Waals surface area contributed by atoms with Gasteiger partial charge in [0.1, 0.15) is 0 Å². The number of hydrogen-bond donors (Lipinski definition) is 0. The summed E-state index contributed by atoms with van der Waals surface area (Å²) in [6, 6.07) is 0. The molecular weight excluding hydrogens is 228 g/mol. The fourth-order valence-corrected chi connectivity index (χ4v) is 4.32. The van der Waals surface area contributed by atoms with E-state index >= 15 is 0 Å². The molecule has 0 amide bonds. The minimum Gasteiger partial charge on any atom is -0.392 e. The van der Waals surface area contributed by atoms with Gasteiger partial charge in [0.2, 0.25) is 0 Å². The van der Waals surface area contributed by atoms with Crippen molar-refractivity contribution in [3.8, 4) is 0 Å². The molecule has 6 nitrogen and oxygen atoms in total. The monoisotopic (exact) mass is 236 g/mol. The van der Waals surface area contributed by atoms with Crippen molar-refractivity contribution in [3.63, 3.8) is 0 Å². The van der Waals surface area contributed by atoms with Crippen LogP contribution in [0.5, 0.6) is 0 Å². The lowest BCUT2D eigenvalue weighted by atomic mass is 9.60. The van der Waals surface area contributed by atoms with Gasteiger partial charge in [0.05, 0.1) is 11.3 Å². The summed E-state index contributed by atoms with van der Waals surface area (Å²) in [6.45, 7) is 0. The van der Waals surface area contributed by atoms with E-state index in [0.717, 1.165) is 0 Å². The third-order valence-corrected chi connectivity index (χ3v) is 4.91. The van der Waals surface area contributed by atoms with Gasteiger partial charge in [0, 0.05) is 0 Å². The summed E-state index contributed by atoms with van der Waals surface area (Å²) in [6.07, 6.45) is 1.49. The molecule has 0 aromatic carbocycles.